The summed E-state index contributed by atoms with van der Waals surface area (Å²) in [6.07, 6.45) is 2.78. The van der Waals surface area contributed by atoms with Crippen LogP contribution in [0.3, 0.4) is 0 Å². The molecule has 1 N–H and O–H groups in total. The standard InChI is InChI=1S/C21H13ClF2N4O2/c22-16-10-15(24)6-3-13(16)9-18(29)27-21-19(17-7-8-25-11-26-17)20(28-30-21)12-1-4-14(23)5-2-12/h1-8,10-11H,9H2,(H,27,29). The number of nitrogens with one attached hydrogen (secondary N) is 1. The van der Waals surface area contributed by atoms with Crippen LogP contribution in [0.5, 0.6) is 0 Å². The van der Waals surface area contributed by atoms with Gasteiger partial charge in [0.1, 0.15) is 23.7 Å². The van der Waals surface area contributed by atoms with Crippen molar-refractivity contribution >= 4 is 23.4 Å². The molecule has 0 spiro atoms. The molecule has 1 amide bonds. The number of amides is 1. The molecule has 0 atom stereocenters. The molecule has 2 aromatic heterocycles. The van der Waals surface area contributed by atoms with Gasteiger partial charge in [-0.3, -0.25) is 10.1 Å². The molecular formula is C21H13ClF2N4O2. The molecule has 0 unspecified atom stereocenters. The molecule has 0 aliphatic carbocycles. The first kappa shape index (κ1) is 19.7. The van der Waals surface area contributed by atoms with Gasteiger partial charge < -0.3 is 4.52 Å². The first-order valence-electron chi connectivity index (χ1n) is 8.77. The number of nitrogens with zero attached hydrogens (tertiary/aromatic N) is 3. The van der Waals surface area contributed by atoms with Crippen LogP contribution in [0.2, 0.25) is 5.02 Å². The molecule has 0 radical (unpaired) electrons. The van der Waals surface area contributed by atoms with Gasteiger partial charge in [-0.25, -0.2) is 18.7 Å². The topological polar surface area (TPSA) is 80.9 Å². The van der Waals surface area contributed by atoms with Gasteiger partial charge in [-0.1, -0.05) is 22.8 Å². The van der Waals surface area contributed by atoms with E-state index in [0.29, 0.717) is 28.1 Å². The normalized spacial score (nSPS) is 10.8. The Morgan fingerprint density at radius 3 is 2.53 bits per heavy atom. The van der Waals surface area contributed by atoms with Crippen molar-refractivity contribution < 1.29 is 18.1 Å². The summed E-state index contributed by atoms with van der Waals surface area (Å²) in [4.78, 5) is 20.6. The highest BCUT2D eigenvalue weighted by atomic mass is 35.5. The van der Waals surface area contributed by atoms with E-state index in [-0.39, 0.29) is 17.3 Å². The maximum atomic E-state index is 13.3. The van der Waals surface area contributed by atoms with E-state index < -0.39 is 17.5 Å². The van der Waals surface area contributed by atoms with Crippen LogP contribution >= 0.6 is 11.6 Å². The van der Waals surface area contributed by atoms with Crippen molar-refractivity contribution in [2.75, 3.05) is 5.32 Å². The highest BCUT2D eigenvalue weighted by Gasteiger charge is 2.22. The van der Waals surface area contributed by atoms with E-state index in [1.165, 1.54) is 36.8 Å². The van der Waals surface area contributed by atoms with Crippen LogP contribution in [-0.2, 0) is 11.2 Å². The fraction of sp³-hybridized carbons (Fsp3) is 0.0476. The largest absolute Gasteiger partial charge is 0.337 e. The van der Waals surface area contributed by atoms with Crippen molar-refractivity contribution in [1.82, 2.24) is 15.1 Å². The number of benzene rings is 2. The van der Waals surface area contributed by atoms with Crippen LogP contribution < -0.4 is 5.32 Å². The van der Waals surface area contributed by atoms with Gasteiger partial charge in [-0.2, -0.15) is 0 Å². The molecule has 0 saturated carbocycles. The molecule has 2 heterocycles. The van der Waals surface area contributed by atoms with Crippen LogP contribution in [0.15, 0.2) is 65.6 Å². The Morgan fingerprint density at radius 1 is 1.07 bits per heavy atom. The Labute approximate surface area is 174 Å². The molecule has 0 fully saturated rings. The van der Waals surface area contributed by atoms with Crippen molar-refractivity contribution in [3.63, 3.8) is 0 Å². The number of halogens is 3. The molecule has 30 heavy (non-hydrogen) atoms. The second-order valence-corrected chi connectivity index (χ2v) is 6.70. The zero-order valence-corrected chi connectivity index (χ0v) is 16.0. The van der Waals surface area contributed by atoms with Gasteiger partial charge in [-0.05, 0) is 48.0 Å². The number of aromatic nitrogens is 3. The van der Waals surface area contributed by atoms with Crippen molar-refractivity contribution in [3.05, 3.63) is 83.3 Å². The van der Waals surface area contributed by atoms with Crippen LogP contribution in [0.25, 0.3) is 22.5 Å². The van der Waals surface area contributed by atoms with Crippen molar-refractivity contribution in [2.45, 2.75) is 6.42 Å². The zero-order chi connectivity index (χ0) is 21.1. The van der Waals surface area contributed by atoms with E-state index in [4.69, 9.17) is 16.1 Å². The first-order chi connectivity index (χ1) is 14.5. The molecule has 0 bridgehead atoms. The fourth-order valence-electron chi connectivity index (χ4n) is 2.87. The minimum Gasteiger partial charge on any atom is -0.337 e. The number of carbonyl (C=O) groups is 1. The Bertz CT molecular complexity index is 1200. The molecule has 0 saturated heterocycles. The van der Waals surface area contributed by atoms with Gasteiger partial charge in [-0.15, -0.1) is 0 Å². The lowest BCUT2D eigenvalue weighted by atomic mass is 10.0. The molecule has 2 aromatic carbocycles. The number of hydrogen-bond donors (Lipinski definition) is 1. The second-order valence-electron chi connectivity index (χ2n) is 6.30. The van der Waals surface area contributed by atoms with Crippen LogP contribution in [0.1, 0.15) is 5.56 Å². The number of hydrogen-bond acceptors (Lipinski definition) is 5. The maximum Gasteiger partial charge on any atom is 0.241 e. The van der Waals surface area contributed by atoms with E-state index in [1.54, 1.807) is 18.2 Å². The molecule has 4 rings (SSSR count). The van der Waals surface area contributed by atoms with E-state index in [2.05, 4.69) is 20.4 Å². The highest BCUT2D eigenvalue weighted by Crippen LogP contribution is 2.36. The molecular weight excluding hydrogens is 414 g/mol. The zero-order valence-electron chi connectivity index (χ0n) is 15.3. The van der Waals surface area contributed by atoms with Crippen LogP contribution in [0, 0.1) is 11.6 Å². The number of rotatable bonds is 5. The number of carbonyl (C=O) groups excluding carboxylic acids is 1. The van der Waals surface area contributed by atoms with Crippen molar-refractivity contribution in [1.29, 1.82) is 0 Å². The lowest BCUT2D eigenvalue weighted by Gasteiger charge is -2.07. The minimum atomic E-state index is -0.491. The summed E-state index contributed by atoms with van der Waals surface area (Å²) in [6.45, 7) is 0. The summed E-state index contributed by atoms with van der Waals surface area (Å²) in [5, 5.41) is 6.82. The third-order valence-corrected chi connectivity index (χ3v) is 4.62. The van der Waals surface area contributed by atoms with E-state index in [1.807, 2.05) is 0 Å². The summed E-state index contributed by atoms with van der Waals surface area (Å²) in [5.74, 6) is -1.26. The average molecular weight is 427 g/mol. The van der Waals surface area contributed by atoms with Crippen LogP contribution in [0.4, 0.5) is 14.7 Å². The molecule has 0 aliphatic rings. The molecule has 6 nitrogen and oxygen atoms in total. The smallest absolute Gasteiger partial charge is 0.241 e. The molecule has 150 valence electrons. The molecule has 9 heteroatoms. The Kier molecular flexibility index (Phi) is 5.49. The quantitative estimate of drug-likeness (QED) is 0.490. The van der Waals surface area contributed by atoms with E-state index >= 15 is 0 Å². The van der Waals surface area contributed by atoms with Gasteiger partial charge in [0.25, 0.3) is 0 Å². The average Bonchev–Trinajstić information content (AvgIpc) is 3.14. The third kappa shape index (κ3) is 4.18. The Balaban J connectivity index is 1.67. The SMILES string of the molecule is O=C(Cc1ccc(F)cc1Cl)Nc1onc(-c2ccc(F)cc2)c1-c1ccncn1. The van der Waals surface area contributed by atoms with E-state index in [0.717, 1.165) is 6.07 Å². The highest BCUT2D eigenvalue weighted by molar-refractivity contribution is 6.31. The second kappa shape index (κ2) is 8.38. The van der Waals surface area contributed by atoms with Crippen LogP contribution in [-0.4, -0.2) is 21.0 Å². The molecule has 4 aromatic rings. The summed E-state index contributed by atoms with van der Waals surface area (Å²) in [5.41, 5.74) is 2.29. The summed E-state index contributed by atoms with van der Waals surface area (Å²) < 4.78 is 31.9. The third-order valence-electron chi connectivity index (χ3n) is 4.27. The van der Waals surface area contributed by atoms with Crippen molar-refractivity contribution in [2.24, 2.45) is 0 Å². The van der Waals surface area contributed by atoms with Gasteiger partial charge in [0, 0.05) is 16.8 Å². The summed E-state index contributed by atoms with van der Waals surface area (Å²) in [7, 11) is 0. The fourth-order valence-corrected chi connectivity index (χ4v) is 3.10. The monoisotopic (exact) mass is 426 g/mol. The maximum absolute atomic E-state index is 13.3. The first-order valence-corrected chi connectivity index (χ1v) is 9.15. The predicted octanol–water partition coefficient (Wildman–Crippen LogP) is 4.91. The number of anilines is 1. The summed E-state index contributed by atoms with van der Waals surface area (Å²) in [6, 6.07) is 11.1. The summed E-state index contributed by atoms with van der Waals surface area (Å²) >= 11 is 6.00. The lowest BCUT2D eigenvalue weighted by Crippen LogP contribution is -2.15. The lowest BCUT2D eigenvalue weighted by molar-refractivity contribution is -0.115. The van der Waals surface area contributed by atoms with E-state index in [9.17, 15) is 13.6 Å². The van der Waals surface area contributed by atoms with Gasteiger partial charge in [0.2, 0.25) is 11.8 Å². The van der Waals surface area contributed by atoms with Gasteiger partial charge in [0.05, 0.1) is 17.7 Å². The van der Waals surface area contributed by atoms with Gasteiger partial charge in [0.15, 0.2) is 0 Å². The van der Waals surface area contributed by atoms with Crippen molar-refractivity contribution in [3.8, 4) is 22.5 Å². The predicted molar refractivity (Wildman–Crippen MR) is 107 cm³/mol. The Hall–Kier alpha value is -3.65. The Morgan fingerprint density at radius 2 is 1.83 bits per heavy atom. The molecule has 0 aliphatic heterocycles. The van der Waals surface area contributed by atoms with Gasteiger partial charge >= 0.3 is 0 Å². The minimum absolute atomic E-state index is 0.0660.